The second-order valence-corrected chi connectivity index (χ2v) is 5.30. The van der Waals surface area contributed by atoms with Gasteiger partial charge in [-0.05, 0) is 54.3 Å². The maximum absolute atomic E-state index is 9.37. The van der Waals surface area contributed by atoms with Crippen LogP contribution >= 0.6 is 36.7 Å². The summed E-state index contributed by atoms with van der Waals surface area (Å²) in [5.41, 5.74) is 2.10. The monoisotopic (exact) mass is 320 g/mol. The molecule has 0 radical (unpaired) electrons. The summed E-state index contributed by atoms with van der Waals surface area (Å²) >= 11 is 15.5. The number of nitrogens with one attached hydrogen (secondary N) is 3. The van der Waals surface area contributed by atoms with Crippen LogP contribution in [-0.2, 0) is 0 Å². The van der Waals surface area contributed by atoms with Crippen LogP contribution in [0.5, 0.6) is 5.75 Å². The Hall–Kier alpha value is -1.90. The van der Waals surface area contributed by atoms with Crippen molar-refractivity contribution in [2.75, 3.05) is 0 Å². The van der Waals surface area contributed by atoms with Crippen molar-refractivity contribution in [3.8, 4) is 17.0 Å². The Bertz CT molecular complexity index is 964. The van der Waals surface area contributed by atoms with Gasteiger partial charge in [0.15, 0.2) is 9.54 Å². The highest BCUT2D eigenvalue weighted by atomic mass is 32.1. The lowest BCUT2D eigenvalue weighted by molar-refractivity contribution is 0.475. The van der Waals surface area contributed by atoms with Gasteiger partial charge in [0.25, 0.3) is 0 Å². The summed E-state index contributed by atoms with van der Waals surface area (Å²) in [6, 6.07) is 6.73. The van der Waals surface area contributed by atoms with E-state index in [-0.39, 0.29) is 5.75 Å². The van der Waals surface area contributed by atoms with E-state index in [4.69, 9.17) is 36.7 Å². The van der Waals surface area contributed by atoms with Crippen LogP contribution in [0.4, 0.5) is 0 Å². The van der Waals surface area contributed by atoms with Gasteiger partial charge >= 0.3 is 0 Å². The summed E-state index contributed by atoms with van der Waals surface area (Å²) in [6.45, 7) is 0. The van der Waals surface area contributed by atoms with Gasteiger partial charge in [0, 0.05) is 0 Å². The Kier molecular flexibility index (Phi) is 3.20. The number of fused-ring (bicyclic) bond motifs is 1. The molecule has 2 aromatic heterocycles. The van der Waals surface area contributed by atoms with Crippen molar-refractivity contribution in [3.05, 3.63) is 38.4 Å². The van der Waals surface area contributed by atoms with Gasteiger partial charge in [0.2, 0.25) is 0 Å². The van der Waals surface area contributed by atoms with E-state index in [2.05, 4.69) is 19.9 Å². The number of hydrogen-bond acceptors (Lipinski definition) is 5. The Morgan fingerprint density at radius 1 is 0.950 bits per heavy atom. The summed E-state index contributed by atoms with van der Waals surface area (Å²) in [5.74, 6) is 0.190. The molecule has 0 aliphatic rings. The largest absolute Gasteiger partial charge is 0.508 e. The molecular weight excluding hydrogens is 312 g/mol. The summed E-state index contributed by atoms with van der Waals surface area (Å²) in [6.07, 6.45) is 0. The first-order valence-electron chi connectivity index (χ1n) is 5.60. The van der Waals surface area contributed by atoms with Crippen LogP contribution in [-0.4, -0.2) is 25.0 Å². The minimum Gasteiger partial charge on any atom is -0.508 e. The highest BCUT2D eigenvalue weighted by molar-refractivity contribution is 7.72. The number of H-pyrrole nitrogens is 3. The fourth-order valence-corrected chi connectivity index (χ4v) is 2.69. The van der Waals surface area contributed by atoms with Crippen molar-refractivity contribution >= 4 is 47.7 Å². The molecule has 0 fully saturated rings. The van der Waals surface area contributed by atoms with Gasteiger partial charge in [-0.2, -0.15) is 0 Å². The van der Waals surface area contributed by atoms with E-state index >= 15 is 0 Å². The summed E-state index contributed by atoms with van der Waals surface area (Å²) < 4.78 is 1.20. The second-order valence-electron chi connectivity index (χ2n) is 4.10. The number of aromatic nitrogens is 4. The number of aromatic hydroxyl groups is 1. The quantitative estimate of drug-likeness (QED) is 0.513. The number of phenols is 1. The fourth-order valence-electron chi connectivity index (χ4n) is 1.93. The number of nitrogens with zero attached hydrogens (tertiary/aromatic N) is 1. The number of benzene rings is 1. The molecule has 0 spiro atoms. The molecule has 8 heteroatoms. The zero-order valence-electron chi connectivity index (χ0n) is 9.93. The number of phenolic OH excluding ortho intramolecular Hbond substituents is 1. The first kappa shape index (κ1) is 13.1. The molecule has 4 N–H and O–H groups in total. The third kappa shape index (κ3) is 2.28. The SMILES string of the molecule is Oc1ccc(-c2[nH]c(=S)nc3[nH]c(=S)[nH]c(=S)c23)cc1. The molecule has 2 heterocycles. The second kappa shape index (κ2) is 4.89. The van der Waals surface area contributed by atoms with Crippen molar-refractivity contribution in [1.29, 1.82) is 0 Å². The van der Waals surface area contributed by atoms with Gasteiger partial charge in [-0.15, -0.1) is 0 Å². The predicted molar refractivity (Wildman–Crippen MR) is 84.4 cm³/mol. The van der Waals surface area contributed by atoms with Gasteiger partial charge in [0.05, 0.1) is 11.1 Å². The first-order valence-corrected chi connectivity index (χ1v) is 6.83. The third-order valence-electron chi connectivity index (χ3n) is 2.77. The molecule has 0 bridgehead atoms. The molecule has 3 rings (SSSR count). The molecule has 0 saturated carbocycles. The van der Waals surface area contributed by atoms with Crippen molar-refractivity contribution in [2.24, 2.45) is 0 Å². The van der Waals surface area contributed by atoms with Gasteiger partial charge in [-0.25, -0.2) is 4.98 Å². The smallest absolute Gasteiger partial charge is 0.199 e. The molecule has 20 heavy (non-hydrogen) atoms. The molecule has 3 aromatic rings. The molecule has 0 aliphatic heterocycles. The molecule has 0 saturated heterocycles. The lowest BCUT2D eigenvalue weighted by Gasteiger charge is -2.07. The zero-order chi connectivity index (χ0) is 14.3. The maximum Gasteiger partial charge on any atom is 0.199 e. The average Bonchev–Trinajstić information content (AvgIpc) is 2.37. The molecule has 0 atom stereocenters. The van der Waals surface area contributed by atoms with Crippen LogP contribution in [0, 0.1) is 14.2 Å². The minimum atomic E-state index is 0.190. The van der Waals surface area contributed by atoms with Gasteiger partial charge in [0.1, 0.15) is 16.0 Å². The van der Waals surface area contributed by atoms with Crippen molar-refractivity contribution < 1.29 is 5.11 Å². The van der Waals surface area contributed by atoms with Crippen molar-refractivity contribution in [3.63, 3.8) is 0 Å². The van der Waals surface area contributed by atoms with E-state index in [1.54, 1.807) is 24.3 Å². The summed E-state index contributed by atoms with van der Waals surface area (Å²) in [5, 5.41) is 10.1. The van der Waals surface area contributed by atoms with Gasteiger partial charge < -0.3 is 20.1 Å². The minimum absolute atomic E-state index is 0.190. The van der Waals surface area contributed by atoms with Crippen LogP contribution in [0.15, 0.2) is 24.3 Å². The van der Waals surface area contributed by atoms with E-state index in [9.17, 15) is 5.11 Å². The maximum atomic E-state index is 9.37. The van der Waals surface area contributed by atoms with Gasteiger partial charge in [-0.3, -0.25) is 0 Å². The van der Waals surface area contributed by atoms with E-state index < -0.39 is 0 Å². The molecule has 100 valence electrons. The van der Waals surface area contributed by atoms with Crippen LogP contribution < -0.4 is 0 Å². The highest BCUT2D eigenvalue weighted by Crippen LogP contribution is 2.26. The molecule has 0 unspecified atom stereocenters. The van der Waals surface area contributed by atoms with Crippen LogP contribution in [0.1, 0.15) is 0 Å². The summed E-state index contributed by atoms with van der Waals surface area (Å²) in [7, 11) is 0. The lowest BCUT2D eigenvalue weighted by atomic mass is 10.1. The highest BCUT2D eigenvalue weighted by Gasteiger charge is 2.08. The van der Waals surface area contributed by atoms with Crippen molar-refractivity contribution in [1.82, 2.24) is 19.9 Å². The first-order chi connectivity index (χ1) is 9.54. The molecule has 0 amide bonds. The van der Waals surface area contributed by atoms with E-state index in [0.29, 0.717) is 25.2 Å². The van der Waals surface area contributed by atoms with E-state index in [0.717, 1.165) is 11.3 Å². The number of rotatable bonds is 1. The molecular formula is C12H8N4OS3. The standard InChI is InChI=1S/C12H8N4OS3/c17-6-3-1-5(2-4-6)8-7-9(14-11(19)13-8)15-12(20)16-10(7)18/h1-4,17H,(H3,13,14,15,16,18,19,20). The molecule has 1 aromatic carbocycles. The Labute approximate surface area is 128 Å². The lowest BCUT2D eigenvalue weighted by Crippen LogP contribution is -1.96. The average molecular weight is 320 g/mol. The van der Waals surface area contributed by atoms with Crippen LogP contribution in [0.3, 0.4) is 0 Å². The molecule has 0 aliphatic carbocycles. The summed E-state index contributed by atoms with van der Waals surface area (Å²) in [4.78, 5) is 13.1. The van der Waals surface area contributed by atoms with Crippen LogP contribution in [0.25, 0.3) is 22.3 Å². The van der Waals surface area contributed by atoms with Crippen molar-refractivity contribution in [2.45, 2.75) is 0 Å². The number of hydrogen-bond donors (Lipinski definition) is 4. The third-order valence-corrected chi connectivity index (χ3v) is 3.48. The predicted octanol–water partition coefficient (Wildman–Crippen LogP) is 3.78. The Balaban J connectivity index is 2.47. The Morgan fingerprint density at radius 3 is 2.35 bits per heavy atom. The van der Waals surface area contributed by atoms with Crippen LogP contribution in [0.2, 0.25) is 0 Å². The topological polar surface area (TPSA) is 80.5 Å². The van der Waals surface area contributed by atoms with E-state index in [1.807, 2.05) is 0 Å². The zero-order valence-corrected chi connectivity index (χ0v) is 12.4. The molecule has 5 nitrogen and oxygen atoms in total. The Morgan fingerprint density at radius 2 is 1.65 bits per heavy atom. The van der Waals surface area contributed by atoms with Gasteiger partial charge in [-0.1, -0.05) is 12.2 Å². The fraction of sp³-hybridized carbons (Fsp3) is 0. The number of aromatic amines is 3. The normalized spacial score (nSPS) is 10.8. The van der Waals surface area contributed by atoms with E-state index in [1.165, 1.54) is 0 Å².